The quantitative estimate of drug-likeness (QED) is 0.720. The van der Waals surface area contributed by atoms with Crippen molar-refractivity contribution >= 4 is 11.8 Å². The minimum atomic E-state index is -0.176. The number of carbonyl (C=O) groups is 2. The molecule has 0 aliphatic carbocycles. The summed E-state index contributed by atoms with van der Waals surface area (Å²) < 4.78 is 5.07. The molecule has 0 bridgehead atoms. The summed E-state index contributed by atoms with van der Waals surface area (Å²) in [6, 6.07) is 6.95. The van der Waals surface area contributed by atoms with Crippen LogP contribution in [0.15, 0.2) is 24.3 Å². The molecule has 0 aliphatic rings. The van der Waals surface area contributed by atoms with Gasteiger partial charge in [-0.05, 0) is 24.6 Å². The van der Waals surface area contributed by atoms with Gasteiger partial charge in [0.2, 0.25) is 5.91 Å². The Morgan fingerprint density at radius 2 is 1.95 bits per heavy atom. The predicted molar refractivity (Wildman–Crippen MR) is 82.4 cm³/mol. The van der Waals surface area contributed by atoms with E-state index in [0.29, 0.717) is 24.4 Å². The third-order valence-electron chi connectivity index (χ3n) is 3.21. The number of benzene rings is 1. The lowest BCUT2D eigenvalue weighted by molar-refractivity contribution is -0.124. The van der Waals surface area contributed by atoms with Crippen molar-refractivity contribution in [2.45, 2.75) is 26.7 Å². The fraction of sp³-hybridized carbons (Fsp3) is 0.500. The molecule has 116 valence electrons. The first-order valence-electron chi connectivity index (χ1n) is 7.28. The van der Waals surface area contributed by atoms with E-state index in [4.69, 9.17) is 4.74 Å². The highest BCUT2D eigenvalue weighted by Gasteiger charge is 2.11. The zero-order valence-corrected chi connectivity index (χ0v) is 12.9. The number of nitrogens with one attached hydrogen (secondary N) is 2. The molecule has 1 rings (SSSR count). The topological polar surface area (TPSA) is 67.4 Å². The summed E-state index contributed by atoms with van der Waals surface area (Å²) in [5.41, 5.74) is 0.542. The maximum absolute atomic E-state index is 11.9. The Morgan fingerprint density at radius 3 is 2.62 bits per heavy atom. The smallest absolute Gasteiger partial charge is 0.251 e. The van der Waals surface area contributed by atoms with Crippen molar-refractivity contribution in [3.8, 4) is 5.75 Å². The van der Waals surface area contributed by atoms with Crippen LogP contribution in [0.5, 0.6) is 5.75 Å². The molecule has 0 fully saturated rings. The van der Waals surface area contributed by atoms with Crippen LogP contribution in [0.4, 0.5) is 0 Å². The minimum Gasteiger partial charge on any atom is -0.497 e. The van der Waals surface area contributed by atoms with Crippen LogP contribution in [-0.2, 0) is 4.79 Å². The molecule has 0 unspecified atom stereocenters. The molecule has 5 nitrogen and oxygen atoms in total. The SMILES string of the molecule is CCC[C@H](C)C(=O)NCCNC(=O)c1cccc(OC)c1. The molecule has 1 atom stereocenters. The second-order valence-corrected chi connectivity index (χ2v) is 4.97. The van der Waals surface area contributed by atoms with E-state index in [0.717, 1.165) is 12.8 Å². The van der Waals surface area contributed by atoms with E-state index in [9.17, 15) is 9.59 Å². The van der Waals surface area contributed by atoms with Crippen molar-refractivity contribution in [3.63, 3.8) is 0 Å². The van der Waals surface area contributed by atoms with Gasteiger partial charge in [-0.15, -0.1) is 0 Å². The van der Waals surface area contributed by atoms with E-state index in [-0.39, 0.29) is 17.7 Å². The van der Waals surface area contributed by atoms with Gasteiger partial charge < -0.3 is 15.4 Å². The van der Waals surface area contributed by atoms with Crippen molar-refractivity contribution in [2.75, 3.05) is 20.2 Å². The first kappa shape index (κ1) is 17.0. The summed E-state index contributed by atoms with van der Waals surface area (Å²) in [5.74, 6) is 0.519. The van der Waals surface area contributed by atoms with E-state index in [1.54, 1.807) is 31.4 Å². The molecule has 1 aromatic carbocycles. The van der Waals surface area contributed by atoms with Crippen LogP contribution in [0, 0.1) is 5.92 Å². The lowest BCUT2D eigenvalue weighted by Crippen LogP contribution is -2.36. The van der Waals surface area contributed by atoms with Gasteiger partial charge in [0.1, 0.15) is 5.75 Å². The Balaban J connectivity index is 2.32. The van der Waals surface area contributed by atoms with Crippen molar-refractivity contribution in [1.82, 2.24) is 10.6 Å². The van der Waals surface area contributed by atoms with Crippen molar-refractivity contribution in [2.24, 2.45) is 5.92 Å². The summed E-state index contributed by atoms with van der Waals surface area (Å²) in [6.07, 6.45) is 1.86. The highest BCUT2D eigenvalue weighted by atomic mass is 16.5. The van der Waals surface area contributed by atoms with Crippen LogP contribution >= 0.6 is 0 Å². The third kappa shape index (κ3) is 5.85. The molecule has 2 amide bonds. The molecule has 0 aromatic heterocycles. The van der Waals surface area contributed by atoms with Crippen LogP contribution in [0.2, 0.25) is 0 Å². The highest BCUT2D eigenvalue weighted by molar-refractivity contribution is 5.94. The van der Waals surface area contributed by atoms with Gasteiger partial charge in [-0.1, -0.05) is 26.3 Å². The van der Waals surface area contributed by atoms with E-state index < -0.39 is 0 Å². The Morgan fingerprint density at radius 1 is 1.24 bits per heavy atom. The Hall–Kier alpha value is -2.04. The van der Waals surface area contributed by atoms with E-state index in [2.05, 4.69) is 17.6 Å². The molecule has 0 saturated heterocycles. The molecule has 0 spiro atoms. The molecule has 21 heavy (non-hydrogen) atoms. The molecule has 0 heterocycles. The first-order valence-corrected chi connectivity index (χ1v) is 7.28. The number of hydrogen-bond donors (Lipinski definition) is 2. The standard InChI is InChI=1S/C16H24N2O3/c1-4-6-12(2)15(19)17-9-10-18-16(20)13-7-5-8-14(11-13)21-3/h5,7-8,11-12H,4,6,9-10H2,1-3H3,(H,17,19)(H,18,20)/t12-/m0/s1. The van der Waals surface area contributed by atoms with Crippen LogP contribution in [0.25, 0.3) is 0 Å². The average Bonchev–Trinajstić information content (AvgIpc) is 2.51. The normalized spacial score (nSPS) is 11.6. The Bertz CT molecular complexity index is 474. The Labute approximate surface area is 126 Å². The van der Waals surface area contributed by atoms with Gasteiger partial charge in [0.15, 0.2) is 0 Å². The summed E-state index contributed by atoms with van der Waals surface area (Å²) in [7, 11) is 1.56. The summed E-state index contributed by atoms with van der Waals surface area (Å²) in [5, 5.41) is 5.59. The predicted octanol–water partition coefficient (Wildman–Crippen LogP) is 1.98. The molecular weight excluding hydrogens is 268 g/mol. The van der Waals surface area contributed by atoms with Crippen molar-refractivity contribution < 1.29 is 14.3 Å². The largest absolute Gasteiger partial charge is 0.497 e. The lowest BCUT2D eigenvalue weighted by Gasteiger charge is -2.11. The molecule has 0 radical (unpaired) electrons. The number of amides is 2. The highest BCUT2D eigenvalue weighted by Crippen LogP contribution is 2.12. The van der Waals surface area contributed by atoms with Gasteiger partial charge in [-0.3, -0.25) is 9.59 Å². The molecule has 0 aliphatic heterocycles. The van der Waals surface area contributed by atoms with Crippen LogP contribution in [-0.4, -0.2) is 32.0 Å². The minimum absolute atomic E-state index is 0.0177. The zero-order chi connectivity index (χ0) is 15.7. The second-order valence-electron chi connectivity index (χ2n) is 4.97. The van der Waals surface area contributed by atoms with Crippen molar-refractivity contribution in [3.05, 3.63) is 29.8 Å². The first-order chi connectivity index (χ1) is 10.1. The zero-order valence-electron chi connectivity index (χ0n) is 12.9. The summed E-state index contributed by atoms with van der Waals surface area (Å²) >= 11 is 0. The summed E-state index contributed by atoms with van der Waals surface area (Å²) in [4.78, 5) is 23.6. The van der Waals surface area contributed by atoms with Gasteiger partial charge in [-0.2, -0.15) is 0 Å². The average molecular weight is 292 g/mol. The van der Waals surface area contributed by atoms with Crippen LogP contribution < -0.4 is 15.4 Å². The number of hydrogen-bond acceptors (Lipinski definition) is 3. The number of ether oxygens (including phenoxy) is 1. The van der Waals surface area contributed by atoms with Crippen LogP contribution in [0.1, 0.15) is 37.0 Å². The summed E-state index contributed by atoms with van der Waals surface area (Å²) in [6.45, 7) is 4.80. The van der Waals surface area contributed by atoms with E-state index in [1.807, 2.05) is 6.92 Å². The molecule has 2 N–H and O–H groups in total. The Kier molecular flexibility index (Phi) is 7.29. The second kappa shape index (κ2) is 9.00. The maximum atomic E-state index is 11.9. The molecule has 1 aromatic rings. The van der Waals surface area contributed by atoms with Gasteiger partial charge in [0.25, 0.3) is 5.91 Å². The van der Waals surface area contributed by atoms with Crippen LogP contribution in [0.3, 0.4) is 0 Å². The van der Waals surface area contributed by atoms with Gasteiger partial charge >= 0.3 is 0 Å². The number of rotatable bonds is 8. The van der Waals surface area contributed by atoms with Gasteiger partial charge in [0.05, 0.1) is 7.11 Å². The fourth-order valence-electron chi connectivity index (χ4n) is 1.97. The fourth-order valence-corrected chi connectivity index (χ4v) is 1.97. The molecule has 0 saturated carbocycles. The van der Waals surface area contributed by atoms with E-state index >= 15 is 0 Å². The number of methoxy groups -OCH3 is 1. The molecule has 5 heteroatoms. The van der Waals surface area contributed by atoms with Gasteiger partial charge in [0, 0.05) is 24.6 Å². The maximum Gasteiger partial charge on any atom is 0.251 e. The number of carbonyl (C=O) groups excluding carboxylic acids is 2. The third-order valence-corrected chi connectivity index (χ3v) is 3.21. The monoisotopic (exact) mass is 292 g/mol. The van der Waals surface area contributed by atoms with Gasteiger partial charge in [-0.25, -0.2) is 0 Å². The van der Waals surface area contributed by atoms with Crippen molar-refractivity contribution in [1.29, 1.82) is 0 Å². The lowest BCUT2D eigenvalue weighted by atomic mass is 10.1. The molecular formula is C16H24N2O3. The van der Waals surface area contributed by atoms with E-state index in [1.165, 1.54) is 0 Å².